The summed E-state index contributed by atoms with van der Waals surface area (Å²) in [6, 6.07) is 11.7. The van der Waals surface area contributed by atoms with Crippen molar-refractivity contribution in [1.82, 2.24) is 15.0 Å². The lowest BCUT2D eigenvalue weighted by atomic mass is 9.94. The predicted molar refractivity (Wildman–Crippen MR) is 165 cm³/mol. The molecule has 0 unspecified atom stereocenters. The molecule has 0 aliphatic heterocycles. The van der Waals surface area contributed by atoms with Gasteiger partial charge in [-0.05, 0) is 65.2 Å². The second-order valence-corrected chi connectivity index (χ2v) is 12.2. The zero-order valence-corrected chi connectivity index (χ0v) is 26.1. The van der Waals surface area contributed by atoms with Crippen LogP contribution >= 0.6 is 47.3 Å². The molecule has 0 spiro atoms. The zero-order valence-electron chi connectivity index (χ0n) is 22.1. The van der Waals surface area contributed by atoms with Gasteiger partial charge >= 0.3 is 0 Å². The number of carbonyl (C=O) groups is 1. The number of benzene rings is 3. The van der Waals surface area contributed by atoms with Crippen molar-refractivity contribution in [1.29, 1.82) is 0 Å². The number of hydrogen-bond donors (Lipinski definition) is 4. The number of hydrogen-bond acceptors (Lipinski definition) is 17. The fourth-order valence-corrected chi connectivity index (χ4v) is 6.33. The van der Waals surface area contributed by atoms with Gasteiger partial charge in [0.15, 0.2) is 0 Å². The third kappa shape index (κ3) is 7.19. The van der Waals surface area contributed by atoms with Crippen LogP contribution in [-0.4, -0.2) is 57.0 Å². The van der Waals surface area contributed by atoms with E-state index in [0.29, 0.717) is 35.3 Å². The summed E-state index contributed by atoms with van der Waals surface area (Å²) >= 11 is 12.8. The van der Waals surface area contributed by atoms with Crippen LogP contribution in [0.1, 0.15) is 15.9 Å². The number of nitrogens with one attached hydrogen (secondary N) is 1. The minimum absolute atomic E-state index is 0.110. The number of nitrogens with zero attached hydrogens (tertiary/aromatic N) is 5. The molecule has 0 atom stereocenters. The molecule has 5 rings (SSSR count). The molecule has 234 valence electrons. The number of rotatable bonds is 11. The predicted octanol–water partition coefficient (Wildman–Crippen LogP) is 5.85. The molecule has 0 saturated carbocycles. The van der Waals surface area contributed by atoms with Crippen LogP contribution in [0.2, 0.25) is 10.6 Å². The Morgan fingerprint density at radius 1 is 0.956 bits per heavy atom. The second kappa shape index (κ2) is 13.9. The van der Waals surface area contributed by atoms with Crippen LogP contribution in [0, 0.1) is 0 Å². The van der Waals surface area contributed by atoms with E-state index in [1.165, 1.54) is 30.3 Å². The lowest BCUT2D eigenvalue weighted by Gasteiger charge is -2.21. The average Bonchev–Trinajstić information content (AvgIpc) is 3.00. The van der Waals surface area contributed by atoms with E-state index in [4.69, 9.17) is 33.7 Å². The van der Waals surface area contributed by atoms with Crippen LogP contribution in [0.4, 0.5) is 17.3 Å². The number of Topliss-reactive ketones (excluding diaryl/α,β-unsaturated/α-hetero) is 1. The molecule has 1 aromatic heterocycles. The molecule has 1 aliphatic rings. The van der Waals surface area contributed by atoms with Gasteiger partial charge in [0, 0.05) is 29.1 Å². The first kappa shape index (κ1) is 32.9. The first-order valence-electron chi connectivity index (χ1n) is 11.9. The minimum atomic E-state index is -4.59. The van der Waals surface area contributed by atoms with Gasteiger partial charge in [0.25, 0.3) is 10.1 Å². The van der Waals surface area contributed by atoms with Gasteiger partial charge in [-0.3, -0.25) is 14.8 Å². The normalized spacial score (nSPS) is 14.0. The standard InChI is InChI=1S/C24H16Cl2N6O10S3/c1-32(24-28-22(25)27-23(26)29-24)12-5-6-13-11(9-12)10-17(43-41-39-34)19(20(13)33)31-30-16-8-7-14-15(21(16)44-42-40-35)3-2-4-18(14)45(36,37)38/h2-10,30,34-35H,1H3,(H,36,37,38)/b31-19+. The molecule has 16 nitrogen and oxygen atoms in total. The lowest BCUT2D eigenvalue weighted by molar-refractivity contribution is -0.432. The van der Waals surface area contributed by atoms with Crippen LogP contribution in [0.5, 0.6) is 0 Å². The van der Waals surface area contributed by atoms with E-state index >= 15 is 0 Å². The number of hydrazone groups is 1. The van der Waals surface area contributed by atoms with Crippen molar-refractivity contribution in [2.75, 3.05) is 17.4 Å². The second-order valence-electron chi connectivity index (χ2n) is 8.63. The first-order valence-corrected chi connectivity index (χ1v) is 15.6. The Kier molecular flexibility index (Phi) is 10.2. The summed E-state index contributed by atoms with van der Waals surface area (Å²) in [4.78, 5) is 26.9. The highest BCUT2D eigenvalue weighted by Crippen LogP contribution is 2.39. The summed E-state index contributed by atoms with van der Waals surface area (Å²) in [6.07, 6.45) is 1.54. The van der Waals surface area contributed by atoms with Crippen molar-refractivity contribution in [2.24, 2.45) is 5.10 Å². The monoisotopic (exact) mass is 714 g/mol. The highest BCUT2D eigenvalue weighted by molar-refractivity contribution is 7.99. The molecule has 4 N–H and O–H groups in total. The van der Waals surface area contributed by atoms with Gasteiger partial charge in [0.1, 0.15) is 10.6 Å². The summed E-state index contributed by atoms with van der Waals surface area (Å²) in [5, 5.41) is 29.4. The summed E-state index contributed by atoms with van der Waals surface area (Å²) in [5.41, 5.74) is 3.97. The van der Waals surface area contributed by atoms with Crippen molar-refractivity contribution in [3.8, 4) is 0 Å². The molecular formula is C24H16Cl2N6O10S3. The van der Waals surface area contributed by atoms with Gasteiger partial charge in [-0.15, -0.1) is 8.67 Å². The maximum atomic E-state index is 13.6. The van der Waals surface area contributed by atoms with E-state index in [-0.39, 0.29) is 58.9 Å². The van der Waals surface area contributed by atoms with Crippen LogP contribution in [-0.2, 0) is 28.9 Å². The largest absolute Gasteiger partial charge is 0.313 e. The van der Waals surface area contributed by atoms with Crippen LogP contribution in [0.25, 0.3) is 16.8 Å². The first-order chi connectivity index (χ1) is 21.5. The quantitative estimate of drug-likeness (QED) is 0.0620. The maximum Gasteiger partial charge on any atom is 0.295 e. The summed E-state index contributed by atoms with van der Waals surface area (Å²) in [6.45, 7) is 0. The molecule has 0 amide bonds. The molecule has 21 heteroatoms. The zero-order chi connectivity index (χ0) is 32.3. The Hall–Kier alpha value is -3.44. The van der Waals surface area contributed by atoms with Crippen molar-refractivity contribution >= 4 is 103 Å². The van der Waals surface area contributed by atoms with Gasteiger partial charge in [0.05, 0.1) is 39.6 Å². The van der Waals surface area contributed by atoms with Gasteiger partial charge in [-0.25, -0.2) is 10.5 Å². The molecule has 0 bridgehead atoms. The van der Waals surface area contributed by atoms with Crippen molar-refractivity contribution in [3.05, 3.63) is 75.1 Å². The van der Waals surface area contributed by atoms with Crippen LogP contribution in [0.3, 0.4) is 0 Å². The number of carbonyl (C=O) groups excluding carboxylic acids is 1. The van der Waals surface area contributed by atoms with E-state index in [2.05, 4.69) is 44.2 Å². The molecule has 0 fully saturated rings. The van der Waals surface area contributed by atoms with Gasteiger partial charge < -0.3 is 4.90 Å². The molecule has 1 heterocycles. The topological polar surface area (TPSA) is 215 Å². The van der Waals surface area contributed by atoms with Gasteiger partial charge in [-0.1, -0.05) is 28.3 Å². The fourth-order valence-electron chi connectivity index (χ4n) is 4.21. The minimum Gasteiger partial charge on any atom is -0.313 e. The van der Waals surface area contributed by atoms with E-state index in [1.807, 2.05) is 0 Å². The Morgan fingerprint density at radius 3 is 2.36 bits per heavy atom. The molecular weight excluding hydrogens is 699 g/mol. The Labute approximate surface area is 271 Å². The Bertz CT molecular complexity index is 1960. The highest BCUT2D eigenvalue weighted by atomic mass is 35.5. The molecule has 0 radical (unpaired) electrons. The van der Waals surface area contributed by atoms with Crippen molar-refractivity contribution < 1.29 is 47.0 Å². The van der Waals surface area contributed by atoms with E-state index in [9.17, 15) is 17.8 Å². The number of allylic oxidation sites excluding steroid dienone is 1. The summed E-state index contributed by atoms with van der Waals surface area (Å²) < 4.78 is 42.7. The highest BCUT2D eigenvalue weighted by Gasteiger charge is 2.29. The maximum absolute atomic E-state index is 13.6. The number of fused-ring (bicyclic) bond motifs is 2. The smallest absolute Gasteiger partial charge is 0.295 e. The SMILES string of the molecule is CN(c1ccc2c(c1)C=C(SOOO)/C(=N\Nc1ccc3c(S(=O)(=O)O)cccc3c1SOOO)C2=O)c1nc(Cl)nc(Cl)n1. The molecule has 0 saturated heterocycles. The third-order valence-electron chi connectivity index (χ3n) is 6.11. The molecule has 1 aliphatic carbocycles. The van der Waals surface area contributed by atoms with E-state index in [1.54, 1.807) is 36.2 Å². The van der Waals surface area contributed by atoms with Gasteiger partial charge in [0.2, 0.25) is 22.3 Å². The lowest BCUT2D eigenvalue weighted by Crippen LogP contribution is -2.23. The number of anilines is 3. The Balaban J connectivity index is 1.54. The fraction of sp³-hybridized carbons (Fsp3) is 0.0417. The summed E-state index contributed by atoms with van der Waals surface area (Å²) in [5.74, 6) is -0.407. The molecule has 3 aromatic carbocycles. The summed E-state index contributed by atoms with van der Waals surface area (Å²) in [7, 11) is -2.94. The van der Waals surface area contributed by atoms with Crippen LogP contribution in [0.15, 0.2) is 68.3 Å². The average molecular weight is 716 g/mol. The number of aromatic nitrogens is 3. The van der Waals surface area contributed by atoms with E-state index < -0.39 is 15.9 Å². The van der Waals surface area contributed by atoms with Gasteiger partial charge in [-0.2, -0.15) is 28.5 Å². The van der Waals surface area contributed by atoms with Crippen molar-refractivity contribution in [2.45, 2.75) is 9.79 Å². The Morgan fingerprint density at radius 2 is 1.67 bits per heavy atom. The molecule has 4 aromatic rings. The number of halogens is 2. The van der Waals surface area contributed by atoms with Crippen molar-refractivity contribution in [3.63, 3.8) is 0 Å². The number of ketones is 1. The molecule has 45 heavy (non-hydrogen) atoms. The van der Waals surface area contributed by atoms with E-state index in [0.717, 1.165) is 0 Å². The van der Waals surface area contributed by atoms with Crippen LogP contribution < -0.4 is 10.3 Å². The third-order valence-corrected chi connectivity index (χ3v) is 8.72.